The maximum atomic E-state index is 11.6. The summed E-state index contributed by atoms with van der Waals surface area (Å²) in [7, 11) is 0. The minimum atomic E-state index is -0.222. The Kier molecular flexibility index (Phi) is 4.20. The van der Waals surface area contributed by atoms with Gasteiger partial charge in [-0.2, -0.15) is 0 Å². The van der Waals surface area contributed by atoms with Crippen LogP contribution in [0.25, 0.3) is 0 Å². The number of oxime groups is 1. The third-order valence-corrected chi connectivity index (χ3v) is 3.26. The van der Waals surface area contributed by atoms with Gasteiger partial charge in [0.05, 0.1) is 18.2 Å². The lowest BCUT2D eigenvalue weighted by Gasteiger charge is -2.21. The van der Waals surface area contributed by atoms with Crippen LogP contribution >= 0.6 is 11.6 Å². The molecule has 1 aliphatic heterocycles. The molecule has 1 unspecified atom stereocenters. The highest BCUT2D eigenvalue weighted by atomic mass is 35.5. The van der Waals surface area contributed by atoms with Crippen molar-refractivity contribution in [3.05, 3.63) is 34.9 Å². The van der Waals surface area contributed by atoms with Crippen LogP contribution in [-0.2, 0) is 9.53 Å². The summed E-state index contributed by atoms with van der Waals surface area (Å²) < 4.78 is 4.99. The highest BCUT2D eigenvalue weighted by Gasteiger charge is 2.26. The van der Waals surface area contributed by atoms with Gasteiger partial charge in [0.15, 0.2) is 0 Å². The number of cyclic esters (lactones) is 1. The average Bonchev–Trinajstić information content (AvgIpc) is 2.39. The zero-order valence-corrected chi connectivity index (χ0v) is 10.6. The van der Waals surface area contributed by atoms with E-state index in [0.29, 0.717) is 23.8 Å². The Morgan fingerprint density at radius 3 is 2.78 bits per heavy atom. The molecule has 0 saturated carbocycles. The summed E-state index contributed by atoms with van der Waals surface area (Å²) in [6.45, 7) is 0.488. The summed E-state index contributed by atoms with van der Waals surface area (Å²) in [4.78, 5) is 11.6. The number of ether oxygens (including phenoxy) is 1. The van der Waals surface area contributed by atoms with Crippen LogP contribution in [0.4, 0.5) is 0 Å². The lowest BCUT2D eigenvalue weighted by atomic mass is 9.92. The van der Waals surface area contributed by atoms with Crippen LogP contribution < -0.4 is 0 Å². The van der Waals surface area contributed by atoms with Crippen molar-refractivity contribution in [2.24, 2.45) is 11.1 Å². The van der Waals surface area contributed by atoms with Crippen LogP contribution in [0.2, 0.25) is 5.02 Å². The van der Waals surface area contributed by atoms with Crippen molar-refractivity contribution < 1.29 is 14.7 Å². The van der Waals surface area contributed by atoms with Crippen molar-refractivity contribution in [2.45, 2.75) is 19.3 Å². The van der Waals surface area contributed by atoms with E-state index in [2.05, 4.69) is 5.16 Å². The molecule has 1 fully saturated rings. The minimum Gasteiger partial charge on any atom is -0.465 e. The van der Waals surface area contributed by atoms with Crippen molar-refractivity contribution in [1.29, 1.82) is 0 Å². The molecule has 1 aromatic carbocycles. The van der Waals surface area contributed by atoms with Gasteiger partial charge in [-0.25, -0.2) is 0 Å². The second kappa shape index (κ2) is 5.87. The van der Waals surface area contributed by atoms with E-state index in [1.807, 2.05) is 0 Å². The fourth-order valence-corrected chi connectivity index (χ4v) is 2.14. The Hall–Kier alpha value is -1.55. The van der Waals surface area contributed by atoms with Gasteiger partial charge >= 0.3 is 5.97 Å². The molecule has 0 amide bonds. The highest BCUT2D eigenvalue weighted by Crippen LogP contribution is 2.22. The predicted molar refractivity (Wildman–Crippen MR) is 68.1 cm³/mol. The number of rotatable bonds is 3. The number of hydrogen-bond donors (Lipinski definition) is 1. The fraction of sp³-hybridized carbons (Fsp3) is 0.385. The number of nitrogens with zero attached hydrogens (tertiary/aromatic N) is 1. The first kappa shape index (κ1) is 12.9. The van der Waals surface area contributed by atoms with Crippen molar-refractivity contribution in [1.82, 2.24) is 0 Å². The number of carbonyl (C=O) groups excluding carboxylic acids is 1. The summed E-state index contributed by atoms with van der Waals surface area (Å²) in [6, 6.07) is 6.99. The van der Waals surface area contributed by atoms with Crippen LogP contribution in [0.5, 0.6) is 0 Å². The van der Waals surface area contributed by atoms with Gasteiger partial charge in [-0.3, -0.25) is 4.79 Å². The topological polar surface area (TPSA) is 58.9 Å². The maximum absolute atomic E-state index is 11.6. The monoisotopic (exact) mass is 267 g/mol. The van der Waals surface area contributed by atoms with E-state index in [9.17, 15) is 4.79 Å². The van der Waals surface area contributed by atoms with Crippen molar-refractivity contribution in [3.8, 4) is 0 Å². The third kappa shape index (κ3) is 3.01. The van der Waals surface area contributed by atoms with Crippen LogP contribution in [0.15, 0.2) is 29.4 Å². The van der Waals surface area contributed by atoms with E-state index in [0.717, 1.165) is 18.4 Å². The third-order valence-electron chi connectivity index (χ3n) is 3.01. The molecule has 0 spiro atoms. The van der Waals surface area contributed by atoms with E-state index in [4.69, 9.17) is 21.5 Å². The average molecular weight is 268 g/mol. The maximum Gasteiger partial charge on any atom is 0.309 e. The van der Waals surface area contributed by atoms with Crippen molar-refractivity contribution in [2.75, 3.05) is 6.61 Å². The SMILES string of the molecule is O=C1OCCCC1C/C(=N/O)c1ccc(Cl)cc1. The summed E-state index contributed by atoms with van der Waals surface area (Å²) in [6.07, 6.45) is 2.01. The fourth-order valence-electron chi connectivity index (χ4n) is 2.02. The first-order valence-corrected chi connectivity index (χ1v) is 6.22. The number of hydrogen-bond acceptors (Lipinski definition) is 4. The molecule has 1 saturated heterocycles. The van der Waals surface area contributed by atoms with Gasteiger partial charge < -0.3 is 9.94 Å². The molecule has 18 heavy (non-hydrogen) atoms. The Labute approximate surface area is 110 Å². The Bertz CT molecular complexity index is 456. The largest absolute Gasteiger partial charge is 0.465 e. The zero-order chi connectivity index (χ0) is 13.0. The molecule has 96 valence electrons. The van der Waals surface area contributed by atoms with Gasteiger partial charge in [0.2, 0.25) is 0 Å². The van der Waals surface area contributed by atoms with Crippen LogP contribution in [0.3, 0.4) is 0 Å². The van der Waals surface area contributed by atoms with Gasteiger partial charge in [-0.15, -0.1) is 0 Å². The molecule has 0 aromatic heterocycles. The molecule has 1 N–H and O–H groups in total. The van der Waals surface area contributed by atoms with Gasteiger partial charge in [0, 0.05) is 11.4 Å². The van der Waals surface area contributed by atoms with Crippen molar-refractivity contribution in [3.63, 3.8) is 0 Å². The molecule has 0 aliphatic carbocycles. The Balaban J connectivity index is 2.10. The molecule has 0 bridgehead atoms. The summed E-state index contributed by atoms with van der Waals surface area (Å²) in [5, 5.41) is 13.0. The normalized spacial score (nSPS) is 20.6. The van der Waals surface area contributed by atoms with E-state index < -0.39 is 0 Å². The van der Waals surface area contributed by atoms with E-state index in [1.54, 1.807) is 24.3 Å². The zero-order valence-electron chi connectivity index (χ0n) is 9.80. The minimum absolute atomic E-state index is 0.212. The number of halogens is 1. The first-order chi connectivity index (χ1) is 8.70. The molecule has 1 heterocycles. The molecule has 1 aliphatic rings. The molecule has 1 aromatic rings. The first-order valence-electron chi connectivity index (χ1n) is 5.84. The molecular formula is C13H14ClNO3. The molecule has 0 radical (unpaired) electrons. The molecule has 4 nitrogen and oxygen atoms in total. The number of benzene rings is 1. The summed E-state index contributed by atoms with van der Waals surface area (Å²) >= 11 is 5.80. The lowest BCUT2D eigenvalue weighted by molar-refractivity contribution is -0.152. The quantitative estimate of drug-likeness (QED) is 0.396. The number of esters is 1. The van der Waals surface area contributed by atoms with E-state index >= 15 is 0 Å². The van der Waals surface area contributed by atoms with E-state index in [-0.39, 0.29) is 11.9 Å². The molecule has 2 rings (SSSR count). The van der Waals surface area contributed by atoms with Gasteiger partial charge in [-0.05, 0) is 30.5 Å². The van der Waals surface area contributed by atoms with Crippen LogP contribution in [0.1, 0.15) is 24.8 Å². The van der Waals surface area contributed by atoms with Gasteiger partial charge in [-0.1, -0.05) is 28.9 Å². The van der Waals surface area contributed by atoms with Crippen LogP contribution in [-0.4, -0.2) is 23.5 Å². The second-order valence-electron chi connectivity index (χ2n) is 4.26. The van der Waals surface area contributed by atoms with Crippen LogP contribution in [0, 0.1) is 5.92 Å². The molecular weight excluding hydrogens is 254 g/mol. The smallest absolute Gasteiger partial charge is 0.309 e. The Morgan fingerprint density at radius 2 is 2.17 bits per heavy atom. The summed E-state index contributed by atoms with van der Waals surface area (Å²) in [5.74, 6) is -0.434. The Morgan fingerprint density at radius 1 is 1.44 bits per heavy atom. The lowest BCUT2D eigenvalue weighted by Crippen LogP contribution is -2.26. The van der Waals surface area contributed by atoms with Crippen molar-refractivity contribution >= 4 is 23.3 Å². The van der Waals surface area contributed by atoms with Gasteiger partial charge in [0.25, 0.3) is 0 Å². The van der Waals surface area contributed by atoms with E-state index in [1.165, 1.54) is 0 Å². The second-order valence-corrected chi connectivity index (χ2v) is 4.70. The molecule has 5 heteroatoms. The molecule has 1 atom stereocenters. The van der Waals surface area contributed by atoms with Gasteiger partial charge in [0.1, 0.15) is 0 Å². The summed E-state index contributed by atoms with van der Waals surface area (Å²) in [5.41, 5.74) is 1.25. The predicted octanol–water partition coefficient (Wildman–Crippen LogP) is 2.86. The standard InChI is InChI=1S/C13H14ClNO3/c14-11-5-3-9(4-6-11)12(15-17)8-10-2-1-7-18-13(10)16/h3-6,10,17H,1-2,7-8H2/b15-12-. The number of carbonyl (C=O) groups is 1. The highest BCUT2D eigenvalue weighted by molar-refractivity contribution is 6.30.